The van der Waals surface area contributed by atoms with Gasteiger partial charge in [0.2, 0.25) is 0 Å². The van der Waals surface area contributed by atoms with Gasteiger partial charge in [0.05, 0.1) is 6.61 Å². The van der Waals surface area contributed by atoms with Gasteiger partial charge >= 0.3 is 0 Å². The first-order valence-electron chi connectivity index (χ1n) is 5.03. The first-order chi connectivity index (χ1) is 7.24. The lowest BCUT2D eigenvalue weighted by Gasteiger charge is -2.12. The number of methoxy groups -OCH3 is 2. The Hall–Kier alpha value is 0.480. The largest absolute Gasteiger partial charge is 0.356 e. The molecule has 0 saturated heterocycles. The molecule has 0 spiro atoms. The van der Waals surface area contributed by atoms with E-state index in [0.29, 0.717) is 15.1 Å². The molecule has 2 unspecified atom stereocenters. The summed E-state index contributed by atoms with van der Waals surface area (Å²) in [7, 11) is 6.40. The highest BCUT2D eigenvalue weighted by molar-refractivity contribution is 8.00. The Kier molecular flexibility index (Phi) is 11.3. The fourth-order valence-corrected chi connectivity index (χ4v) is 1.68. The van der Waals surface area contributed by atoms with Crippen molar-refractivity contribution in [2.24, 2.45) is 0 Å². The molecule has 0 aromatic rings. The van der Waals surface area contributed by atoms with Crippen LogP contribution in [0.5, 0.6) is 0 Å². The van der Waals surface area contributed by atoms with Crippen molar-refractivity contribution in [3.63, 3.8) is 0 Å². The molecule has 0 bridgehead atoms. The summed E-state index contributed by atoms with van der Waals surface area (Å²) in [5, 5.41) is 0. The Morgan fingerprint density at radius 2 is 2.07 bits per heavy atom. The number of hydrogen-bond acceptors (Lipinski definition) is 3. The molecule has 90 valence electrons. The van der Waals surface area contributed by atoms with E-state index in [1.807, 2.05) is 0 Å². The van der Waals surface area contributed by atoms with Crippen molar-refractivity contribution >= 4 is 17.4 Å². The molecule has 0 amide bonds. The molecule has 0 N–H and O–H groups in total. The summed E-state index contributed by atoms with van der Waals surface area (Å²) in [6.07, 6.45) is 5.16. The van der Waals surface area contributed by atoms with E-state index in [4.69, 9.17) is 14.0 Å². The average molecular weight is 252 g/mol. The zero-order valence-electron chi connectivity index (χ0n) is 9.79. The molecular formula is C10H22O3P2. The molecule has 0 heterocycles. The van der Waals surface area contributed by atoms with Crippen LogP contribution in [0.1, 0.15) is 26.2 Å². The minimum atomic E-state index is -0.0671. The highest BCUT2D eigenvalue weighted by Crippen LogP contribution is 2.21. The average Bonchev–Trinajstić information content (AvgIpc) is 2.25. The van der Waals surface area contributed by atoms with Crippen LogP contribution in [0, 0.1) is 0 Å². The number of hydrogen-bond donors (Lipinski definition) is 0. The van der Waals surface area contributed by atoms with E-state index in [1.165, 1.54) is 5.57 Å². The van der Waals surface area contributed by atoms with Crippen LogP contribution in [0.15, 0.2) is 11.6 Å². The third-order valence-electron chi connectivity index (χ3n) is 2.14. The summed E-state index contributed by atoms with van der Waals surface area (Å²) in [5.41, 5.74) is 1.37. The van der Waals surface area contributed by atoms with Crippen LogP contribution in [0.2, 0.25) is 0 Å². The number of allylic oxidation sites excluding steroid dienone is 1. The fraction of sp³-hybridized carbons (Fsp3) is 0.800. The lowest BCUT2D eigenvalue weighted by molar-refractivity contribution is -0.106. The third kappa shape index (κ3) is 9.41. The van der Waals surface area contributed by atoms with Crippen LogP contribution >= 0.6 is 17.4 Å². The SMILES string of the molecule is COC(CCC/C(C)=C/COPP)OC. The Morgan fingerprint density at radius 3 is 2.60 bits per heavy atom. The van der Waals surface area contributed by atoms with Gasteiger partial charge in [0, 0.05) is 22.7 Å². The van der Waals surface area contributed by atoms with Crippen LogP contribution in [-0.2, 0) is 14.0 Å². The van der Waals surface area contributed by atoms with E-state index in [9.17, 15) is 0 Å². The Bertz CT molecular complexity index is 170. The Labute approximate surface area is 96.9 Å². The van der Waals surface area contributed by atoms with Gasteiger partial charge in [-0.15, -0.1) is 0 Å². The molecule has 2 atom stereocenters. The molecule has 0 fully saturated rings. The van der Waals surface area contributed by atoms with Gasteiger partial charge in [-0.3, -0.25) is 0 Å². The molecule has 5 heteroatoms. The van der Waals surface area contributed by atoms with Gasteiger partial charge in [0.1, 0.15) is 0 Å². The van der Waals surface area contributed by atoms with Crippen molar-refractivity contribution in [1.82, 2.24) is 0 Å². The minimum Gasteiger partial charge on any atom is -0.356 e. The molecule has 3 nitrogen and oxygen atoms in total. The first-order valence-corrected chi connectivity index (χ1v) is 7.75. The highest BCUT2D eigenvalue weighted by Gasteiger charge is 2.03. The van der Waals surface area contributed by atoms with Crippen molar-refractivity contribution in [3.05, 3.63) is 11.6 Å². The molecule has 0 radical (unpaired) electrons. The standard InChI is InChI=1S/C10H22O3P2/c1-9(7-8-13-15-14)5-4-6-10(11-2)12-3/h7,10,15H,4-6,8,14H2,1-3H3/b9-7+. The van der Waals surface area contributed by atoms with E-state index >= 15 is 0 Å². The maximum atomic E-state index is 5.24. The highest BCUT2D eigenvalue weighted by atomic mass is 32.0. The summed E-state index contributed by atoms with van der Waals surface area (Å²) in [4.78, 5) is 0. The normalized spacial score (nSPS) is 13.3. The zero-order valence-corrected chi connectivity index (χ0v) is 11.9. The van der Waals surface area contributed by atoms with Crippen LogP contribution in [0.25, 0.3) is 0 Å². The zero-order chi connectivity index (χ0) is 11.5. The molecule has 15 heavy (non-hydrogen) atoms. The molecule has 0 aromatic carbocycles. The van der Waals surface area contributed by atoms with Gasteiger partial charge in [-0.05, 0) is 26.2 Å². The maximum absolute atomic E-state index is 5.24. The van der Waals surface area contributed by atoms with E-state index in [-0.39, 0.29) is 6.29 Å². The molecule has 0 aromatic heterocycles. The second-order valence-electron chi connectivity index (χ2n) is 3.27. The topological polar surface area (TPSA) is 27.7 Å². The molecule has 0 aliphatic carbocycles. The predicted octanol–water partition coefficient (Wildman–Crippen LogP) is 3.12. The van der Waals surface area contributed by atoms with Gasteiger partial charge < -0.3 is 14.0 Å². The number of ether oxygens (including phenoxy) is 2. The third-order valence-corrected chi connectivity index (χ3v) is 2.97. The summed E-state index contributed by atoms with van der Waals surface area (Å²) in [5.74, 6) is 0. The molecular weight excluding hydrogens is 230 g/mol. The second kappa shape index (κ2) is 11.0. The second-order valence-corrected chi connectivity index (χ2v) is 4.50. The van der Waals surface area contributed by atoms with Crippen molar-refractivity contribution in [2.75, 3.05) is 20.8 Å². The molecule has 0 rings (SSSR count). The van der Waals surface area contributed by atoms with Gasteiger partial charge in [-0.1, -0.05) is 20.6 Å². The van der Waals surface area contributed by atoms with Crippen molar-refractivity contribution < 1.29 is 14.0 Å². The molecule has 0 aliphatic rings. The minimum absolute atomic E-state index is 0.0671. The molecule has 0 saturated carbocycles. The van der Waals surface area contributed by atoms with Gasteiger partial charge in [-0.2, -0.15) is 0 Å². The summed E-state index contributed by atoms with van der Waals surface area (Å²) >= 11 is 0. The van der Waals surface area contributed by atoms with Crippen molar-refractivity contribution in [1.29, 1.82) is 0 Å². The van der Waals surface area contributed by atoms with Crippen LogP contribution in [0.4, 0.5) is 0 Å². The van der Waals surface area contributed by atoms with E-state index in [0.717, 1.165) is 19.3 Å². The van der Waals surface area contributed by atoms with Crippen molar-refractivity contribution in [3.8, 4) is 0 Å². The van der Waals surface area contributed by atoms with Crippen LogP contribution < -0.4 is 0 Å². The van der Waals surface area contributed by atoms with Gasteiger partial charge in [0.15, 0.2) is 6.29 Å². The lowest BCUT2D eigenvalue weighted by Crippen LogP contribution is -2.12. The Balaban J connectivity index is 3.52. The maximum Gasteiger partial charge on any atom is 0.156 e. The van der Waals surface area contributed by atoms with E-state index < -0.39 is 0 Å². The smallest absolute Gasteiger partial charge is 0.156 e. The summed E-state index contributed by atoms with van der Waals surface area (Å²) in [6.45, 7) is 2.84. The van der Waals surface area contributed by atoms with Crippen LogP contribution in [-0.4, -0.2) is 27.1 Å². The number of rotatable bonds is 9. The van der Waals surface area contributed by atoms with E-state index in [1.54, 1.807) is 14.2 Å². The molecule has 0 aliphatic heterocycles. The summed E-state index contributed by atoms with van der Waals surface area (Å²) < 4.78 is 15.5. The predicted molar refractivity (Wildman–Crippen MR) is 69.4 cm³/mol. The quantitative estimate of drug-likeness (QED) is 0.273. The fourth-order valence-electron chi connectivity index (χ4n) is 1.21. The van der Waals surface area contributed by atoms with Crippen molar-refractivity contribution in [2.45, 2.75) is 32.5 Å². The first kappa shape index (κ1) is 15.5. The monoisotopic (exact) mass is 252 g/mol. The van der Waals surface area contributed by atoms with Crippen LogP contribution in [0.3, 0.4) is 0 Å². The summed E-state index contributed by atoms with van der Waals surface area (Å²) in [6, 6.07) is 0. The Morgan fingerprint density at radius 1 is 1.40 bits per heavy atom. The van der Waals surface area contributed by atoms with Gasteiger partial charge in [-0.25, -0.2) is 0 Å². The van der Waals surface area contributed by atoms with Gasteiger partial charge in [0.25, 0.3) is 0 Å². The van der Waals surface area contributed by atoms with E-state index in [2.05, 4.69) is 21.9 Å². The lowest BCUT2D eigenvalue weighted by atomic mass is 10.1.